The van der Waals surface area contributed by atoms with E-state index in [0.717, 1.165) is 56.1 Å². The summed E-state index contributed by atoms with van der Waals surface area (Å²) in [6.45, 7) is 12.1. The van der Waals surface area contributed by atoms with Crippen LogP contribution >= 0.6 is 0 Å². The molecule has 7 rings (SSSR count). The van der Waals surface area contributed by atoms with Crippen LogP contribution in [0.4, 0.5) is 38.5 Å². The predicted octanol–water partition coefficient (Wildman–Crippen LogP) is 7.47. The van der Waals surface area contributed by atoms with Crippen LogP contribution < -0.4 is 24.6 Å². The Hall–Kier alpha value is -7.06. The fourth-order valence-corrected chi connectivity index (χ4v) is 7.65. The predicted molar refractivity (Wildman–Crippen MR) is 251 cm³/mol. The summed E-state index contributed by atoms with van der Waals surface area (Å²) in [5.74, 6) is -1.37. The van der Waals surface area contributed by atoms with Gasteiger partial charge in [0, 0.05) is 87.0 Å². The summed E-state index contributed by atoms with van der Waals surface area (Å²) >= 11 is 0. The van der Waals surface area contributed by atoms with E-state index in [0.29, 0.717) is 55.5 Å². The molecule has 3 heterocycles. The second-order valence-electron chi connectivity index (χ2n) is 16.1. The Labute approximate surface area is 398 Å². The van der Waals surface area contributed by atoms with Crippen LogP contribution in [0.2, 0.25) is 0 Å². The number of ether oxygens (including phenoxy) is 2. The molecule has 0 atom stereocenters. The molecule has 0 unspecified atom stereocenters. The monoisotopic (exact) mass is 959 g/mol. The first-order valence-corrected chi connectivity index (χ1v) is 22.5. The number of carbonyl (C=O) groups is 4. The maximum Gasteiger partial charge on any atom is 0.324 e. The first-order valence-electron chi connectivity index (χ1n) is 22.5. The highest BCUT2D eigenvalue weighted by Crippen LogP contribution is 2.28. The molecule has 16 nitrogen and oxygen atoms in total. The highest BCUT2D eigenvalue weighted by atomic mass is 19.3. The number of hydrogen-bond donors (Lipinski definition) is 1. The molecule has 4 aromatic carbocycles. The summed E-state index contributed by atoms with van der Waals surface area (Å²) in [5.41, 5.74) is 3.85. The third-order valence-corrected chi connectivity index (χ3v) is 11.8. The molecule has 0 radical (unpaired) electrons. The third kappa shape index (κ3) is 14.0. The summed E-state index contributed by atoms with van der Waals surface area (Å²) in [4.78, 5) is 62.0. The first-order chi connectivity index (χ1) is 33.3. The van der Waals surface area contributed by atoms with Crippen LogP contribution in [0.3, 0.4) is 0 Å². The highest BCUT2D eigenvalue weighted by molar-refractivity contribution is 5.99. The molecule has 2 fully saturated rings. The smallest absolute Gasteiger partial charge is 0.324 e. The average molecular weight is 960 g/mol. The third-order valence-electron chi connectivity index (χ3n) is 11.8. The molecule has 2 saturated heterocycles. The number of methoxy groups -OCH3 is 2. The number of ketones is 1. The molecule has 5 aromatic rings. The van der Waals surface area contributed by atoms with Gasteiger partial charge in [-0.2, -0.15) is 17.6 Å². The first kappa shape index (κ1) is 51.3. The van der Waals surface area contributed by atoms with Crippen molar-refractivity contribution >= 4 is 35.1 Å². The number of amides is 5. The topological polar surface area (TPSA) is 157 Å². The Morgan fingerprint density at radius 1 is 0.652 bits per heavy atom. The maximum absolute atomic E-state index is 13.5. The number of nitrogens with one attached hydrogen (secondary N) is 1. The lowest BCUT2D eigenvalue weighted by molar-refractivity contribution is -0.131. The van der Waals surface area contributed by atoms with Gasteiger partial charge in [0.1, 0.15) is 11.5 Å². The minimum Gasteiger partial charge on any atom is -0.497 e. The van der Waals surface area contributed by atoms with E-state index in [2.05, 4.69) is 33.8 Å². The number of piperazine rings is 2. The average Bonchev–Trinajstić information content (AvgIpc) is 3.90. The number of anilines is 2. The number of halogens is 4. The van der Waals surface area contributed by atoms with Gasteiger partial charge in [-0.1, -0.05) is 62.4 Å². The number of alkyl halides is 4. The van der Waals surface area contributed by atoms with Crippen LogP contribution in [-0.2, 0) is 17.9 Å². The molecule has 0 spiro atoms. The van der Waals surface area contributed by atoms with Crippen molar-refractivity contribution in [3.8, 4) is 23.0 Å². The van der Waals surface area contributed by atoms with Crippen LogP contribution in [0.5, 0.6) is 11.5 Å². The molecule has 2 aliphatic heterocycles. The van der Waals surface area contributed by atoms with Crippen LogP contribution in [0, 0.1) is 0 Å². The Bertz CT molecular complexity index is 2460. The fourth-order valence-electron chi connectivity index (χ4n) is 7.65. The van der Waals surface area contributed by atoms with Crippen LogP contribution in [0.25, 0.3) is 11.5 Å². The van der Waals surface area contributed by atoms with Crippen LogP contribution in [0.1, 0.15) is 47.6 Å². The number of hydrogen-bond acceptors (Lipinski definition) is 11. The molecule has 0 saturated carbocycles. The zero-order valence-corrected chi connectivity index (χ0v) is 39.0. The number of benzene rings is 4. The number of carbonyl (C=O) groups excluding carboxylic acids is 4. The second kappa shape index (κ2) is 24.8. The normalized spacial score (nSPS) is 14.2. The molecular formula is C49H57F4N9O7. The number of nitrogens with zero attached hydrogens (tertiary/aromatic N) is 8. The van der Waals surface area contributed by atoms with Gasteiger partial charge in [-0.25, -0.2) is 9.59 Å². The molecule has 69 heavy (non-hydrogen) atoms. The molecular weight excluding hydrogens is 903 g/mol. The van der Waals surface area contributed by atoms with E-state index in [-0.39, 0.29) is 30.1 Å². The number of aromatic nitrogens is 2. The largest absolute Gasteiger partial charge is 0.497 e. The SMILES string of the molecule is CCN1CCN(C(=O)N(Cc2ccc(-c3nnc(C(F)F)o3)cc2)c2cccc(OC)c2)CC1.CCN1CCN(C(=O)N(Cc2ccc(C(=O)CNC(=O)C(F)F)cc2)c2cccc(OC)c2)CC1. The summed E-state index contributed by atoms with van der Waals surface area (Å²) in [7, 11) is 3.15. The van der Waals surface area contributed by atoms with Gasteiger partial charge in [-0.05, 0) is 60.6 Å². The number of likely N-dealkylation sites (N-methyl/N-ethyl adjacent to an activating group) is 2. The van der Waals surface area contributed by atoms with Crippen molar-refractivity contribution < 1.29 is 50.6 Å². The number of Topliss-reactive ketones (excluding diaryl/α,β-unsaturated/α-hetero) is 1. The molecule has 0 aliphatic carbocycles. The molecule has 368 valence electrons. The lowest BCUT2D eigenvalue weighted by Gasteiger charge is -2.37. The van der Waals surface area contributed by atoms with Gasteiger partial charge in [0.05, 0.1) is 33.9 Å². The van der Waals surface area contributed by atoms with E-state index in [9.17, 15) is 36.7 Å². The molecule has 5 amide bonds. The van der Waals surface area contributed by atoms with E-state index < -0.39 is 37.0 Å². The minimum atomic E-state index is -3.17. The summed E-state index contributed by atoms with van der Waals surface area (Å²) in [5, 5.41) is 8.95. The summed E-state index contributed by atoms with van der Waals surface area (Å²) in [6.07, 6.45) is -5.99. The maximum atomic E-state index is 13.5. The second-order valence-corrected chi connectivity index (χ2v) is 16.1. The number of urea groups is 2. The Kier molecular flexibility index (Phi) is 18.5. The van der Waals surface area contributed by atoms with Gasteiger partial charge >= 0.3 is 24.9 Å². The van der Waals surface area contributed by atoms with Gasteiger partial charge in [0.2, 0.25) is 5.89 Å². The molecule has 1 aromatic heterocycles. The van der Waals surface area contributed by atoms with Gasteiger partial charge in [0.15, 0.2) is 5.78 Å². The van der Waals surface area contributed by atoms with Crippen molar-refractivity contribution in [3.05, 3.63) is 120 Å². The quantitative estimate of drug-likeness (QED) is 0.0773. The van der Waals surface area contributed by atoms with Gasteiger partial charge < -0.3 is 38.8 Å². The minimum absolute atomic E-state index is 0.0244. The van der Waals surface area contributed by atoms with Gasteiger partial charge in [0.25, 0.3) is 11.8 Å². The zero-order chi connectivity index (χ0) is 49.5. The van der Waals surface area contributed by atoms with Gasteiger partial charge in [-0.3, -0.25) is 19.4 Å². The van der Waals surface area contributed by atoms with E-state index in [4.69, 9.17) is 13.9 Å². The standard InChI is InChI=1S/C25H30F2N4O4.C24H27F2N5O3/c1-3-29-11-13-30(14-12-29)25(34)31(20-5-4-6-21(15-20)35-2)17-18-7-9-19(10-8-18)22(32)16-28-24(33)23(26)27;1-3-29-11-13-30(14-12-29)24(32)31(19-5-4-6-20(15-19)33-2)16-17-7-9-18(10-8-17)22-27-28-23(34-22)21(25)26/h4-10,15,23H,3,11-14,16-17H2,1-2H3,(H,28,33);4-10,15,21H,3,11-14,16H2,1-2H3. The van der Waals surface area contributed by atoms with Crippen molar-refractivity contribution in [1.29, 1.82) is 0 Å². The molecule has 0 bridgehead atoms. The van der Waals surface area contributed by atoms with Crippen LogP contribution in [-0.4, -0.2) is 146 Å². The Morgan fingerprint density at radius 3 is 1.52 bits per heavy atom. The van der Waals surface area contributed by atoms with Crippen molar-refractivity contribution in [2.24, 2.45) is 0 Å². The Balaban J connectivity index is 0.000000227. The molecule has 20 heteroatoms. The molecule has 2 aliphatic rings. The van der Waals surface area contributed by atoms with E-state index >= 15 is 0 Å². The fraction of sp³-hybridized carbons (Fsp3) is 0.388. The van der Waals surface area contributed by atoms with Crippen molar-refractivity contribution in [2.45, 2.75) is 39.8 Å². The van der Waals surface area contributed by atoms with Crippen molar-refractivity contribution in [1.82, 2.24) is 35.1 Å². The highest BCUT2D eigenvalue weighted by Gasteiger charge is 2.28. The van der Waals surface area contributed by atoms with Crippen molar-refractivity contribution in [3.63, 3.8) is 0 Å². The van der Waals surface area contributed by atoms with Gasteiger partial charge in [-0.15, -0.1) is 10.2 Å². The zero-order valence-electron chi connectivity index (χ0n) is 39.0. The lowest BCUT2D eigenvalue weighted by Crippen LogP contribution is -2.52. The van der Waals surface area contributed by atoms with E-state index in [1.54, 1.807) is 72.6 Å². The van der Waals surface area contributed by atoms with Crippen molar-refractivity contribution in [2.75, 3.05) is 96.0 Å². The lowest BCUT2D eigenvalue weighted by atomic mass is 10.1. The molecule has 1 N–H and O–H groups in total. The van der Waals surface area contributed by atoms with Crippen LogP contribution in [0.15, 0.2) is 101 Å². The van der Waals surface area contributed by atoms with E-state index in [1.807, 2.05) is 63.6 Å². The van der Waals surface area contributed by atoms with E-state index in [1.165, 1.54) is 0 Å². The number of rotatable bonds is 16. The Morgan fingerprint density at radius 2 is 1.12 bits per heavy atom. The summed E-state index contributed by atoms with van der Waals surface area (Å²) < 4.78 is 65.8. The summed E-state index contributed by atoms with van der Waals surface area (Å²) in [6, 6.07) is 28.0.